The van der Waals surface area contributed by atoms with Crippen molar-refractivity contribution in [1.82, 2.24) is 0 Å². The van der Waals surface area contributed by atoms with Crippen LogP contribution in [0, 0.1) is 5.92 Å². The number of anilines is 1. The van der Waals surface area contributed by atoms with Crippen LogP contribution in [-0.2, 0) is 16.0 Å². The van der Waals surface area contributed by atoms with E-state index in [2.05, 4.69) is 19.2 Å². The lowest BCUT2D eigenvalue weighted by atomic mass is 9.95. The van der Waals surface area contributed by atoms with E-state index in [0.29, 0.717) is 41.3 Å². The molecule has 0 radical (unpaired) electrons. The number of ketones is 1. The zero-order valence-electron chi connectivity index (χ0n) is 20.0. The van der Waals surface area contributed by atoms with E-state index < -0.39 is 5.97 Å². The van der Waals surface area contributed by atoms with Crippen LogP contribution in [0.25, 0.3) is 0 Å². The summed E-state index contributed by atoms with van der Waals surface area (Å²) in [6, 6.07) is 12.3. The van der Waals surface area contributed by atoms with Gasteiger partial charge in [0.25, 0.3) is 0 Å². The Morgan fingerprint density at radius 3 is 2.38 bits per heavy atom. The van der Waals surface area contributed by atoms with Gasteiger partial charge in [0.15, 0.2) is 5.78 Å². The average molecular weight is 466 g/mol. The summed E-state index contributed by atoms with van der Waals surface area (Å²) >= 11 is 0. The second-order valence-corrected chi connectivity index (χ2v) is 8.94. The Bertz CT molecular complexity index is 1100. The maximum Gasteiger partial charge on any atom is 0.341 e. The number of piperidine rings is 1. The largest absolute Gasteiger partial charge is 0.465 e. The van der Waals surface area contributed by atoms with Crippen molar-refractivity contribution in [2.24, 2.45) is 17.4 Å². The van der Waals surface area contributed by atoms with Crippen molar-refractivity contribution in [3.05, 3.63) is 64.7 Å². The lowest BCUT2D eigenvalue weighted by molar-refractivity contribution is -0.544. The standard InChI is InChI=1S/C26H32N4O4/c1-16(2)17-6-8-18(9-7-17)23(31)14-21-13-19(25(33)34-3)10-11-22(21)29-24(32)20-5-4-12-30(15-20)26(27)28/h6-11,13,16,20H,4-5,12,14-15H2,1-3H3,(H4,27,28,29,32,33)/p+1. The van der Waals surface area contributed by atoms with Gasteiger partial charge < -0.3 is 10.1 Å². The quantitative estimate of drug-likeness (QED) is 0.250. The molecule has 0 aliphatic carbocycles. The molecule has 1 atom stereocenters. The Kier molecular flexibility index (Phi) is 8.04. The number of nitrogens with one attached hydrogen (secondary N) is 1. The molecule has 34 heavy (non-hydrogen) atoms. The molecule has 0 aromatic heterocycles. The number of carbonyl (C=O) groups is 3. The highest BCUT2D eigenvalue weighted by Crippen LogP contribution is 2.24. The first-order chi connectivity index (χ1) is 16.2. The molecule has 0 saturated carbocycles. The van der Waals surface area contributed by atoms with Crippen molar-refractivity contribution in [2.75, 3.05) is 25.5 Å². The molecule has 1 heterocycles. The topological polar surface area (TPSA) is 128 Å². The van der Waals surface area contributed by atoms with Gasteiger partial charge in [-0.2, -0.15) is 0 Å². The SMILES string of the molecule is COC(=O)c1ccc(NC(=O)C2CCC[N+](=C(N)N)C2)c(CC(=O)c2ccc(C(C)C)cc2)c1. The van der Waals surface area contributed by atoms with Gasteiger partial charge in [-0.25, -0.2) is 4.79 Å². The number of ether oxygens (including phenoxy) is 1. The Morgan fingerprint density at radius 2 is 1.76 bits per heavy atom. The lowest BCUT2D eigenvalue weighted by Gasteiger charge is -2.24. The maximum absolute atomic E-state index is 13.0. The van der Waals surface area contributed by atoms with Crippen LogP contribution in [0.1, 0.15) is 64.4 Å². The van der Waals surface area contributed by atoms with Gasteiger partial charge in [0.05, 0.1) is 31.7 Å². The van der Waals surface area contributed by atoms with E-state index in [0.717, 1.165) is 18.5 Å². The van der Waals surface area contributed by atoms with Crippen LogP contribution in [0.4, 0.5) is 5.69 Å². The molecule has 3 rings (SSSR count). The summed E-state index contributed by atoms with van der Waals surface area (Å²) in [5, 5.41) is 2.94. The number of rotatable bonds is 7. The number of carbonyl (C=O) groups excluding carboxylic acids is 3. The van der Waals surface area contributed by atoms with Crippen molar-refractivity contribution < 1.29 is 23.7 Å². The van der Waals surface area contributed by atoms with Gasteiger partial charge >= 0.3 is 11.9 Å². The van der Waals surface area contributed by atoms with E-state index in [1.807, 2.05) is 24.3 Å². The smallest absolute Gasteiger partial charge is 0.341 e. The van der Waals surface area contributed by atoms with E-state index in [-0.39, 0.29) is 30.0 Å². The summed E-state index contributed by atoms with van der Waals surface area (Å²) in [7, 11) is 1.30. The molecule has 8 heteroatoms. The molecule has 2 aromatic carbocycles. The van der Waals surface area contributed by atoms with Crippen LogP contribution in [0.2, 0.25) is 0 Å². The second-order valence-electron chi connectivity index (χ2n) is 8.94. The molecule has 1 amide bonds. The molecule has 1 saturated heterocycles. The van der Waals surface area contributed by atoms with Gasteiger partial charge in [0.1, 0.15) is 0 Å². The minimum absolute atomic E-state index is 0.0296. The number of benzene rings is 2. The Hall–Kier alpha value is -3.68. The Balaban J connectivity index is 1.84. The summed E-state index contributed by atoms with van der Waals surface area (Å²) in [5.74, 6) is -0.512. The molecule has 1 aliphatic heterocycles. The van der Waals surface area contributed by atoms with Gasteiger partial charge in [-0.1, -0.05) is 38.1 Å². The molecule has 1 unspecified atom stereocenters. The molecule has 1 fully saturated rings. The van der Waals surface area contributed by atoms with E-state index >= 15 is 0 Å². The second kappa shape index (κ2) is 11.0. The Labute approximate surface area is 200 Å². The maximum atomic E-state index is 13.0. The summed E-state index contributed by atoms with van der Waals surface area (Å²) in [4.78, 5) is 38.1. The number of hydrogen-bond donors (Lipinski definition) is 3. The van der Waals surface area contributed by atoms with Gasteiger partial charge in [-0.05, 0) is 48.1 Å². The van der Waals surface area contributed by atoms with Gasteiger partial charge in [0, 0.05) is 17.7 Å². The monoisotopic (exact) mass is 465 g/mol. The van der Waals surface area contributed by atoms with Crippen LogP contribution in [0.3, 0.4) is 0 Å². The third kappa shape index (κ3) is 6.01. The fraction of sp³-hybridized carbons (Fsp3) is 0.385. The number of hydrogen-bond acceptors (Lipinski definition) is 4. The summed E-state index contributed by atoms with van der Waals surface area (Å²) in [5.41, 5.74) is 14.5. The van der Waals surface area contributed by atoms with E-state index in [1.165, 1.54) is 7.11 Å². The van der Waals surface area contributed by atoms with Crippen molar-refractivity contribution in [3.63, 3.8) is 0 Å². The predicted molar refractivity (Wildman–Crippen MR) is 131 cm³/mol. The van der Waals surface area contributed by atoms with Gasteiger partial charge in [-0.15, -0.1) is 0 Å². The van der Waals surface area contributed by atoms with E-state index in [9.17, 15) is 14.4 Å². The number of guanidine groups is 1. The predicted octanol–water partition coefficient (Wildman–Crippen LogP) is 2.66. The van der Waals surface area contributed by atoms with Gasteiger partial charge in [0.2, 0.25) is 5.91 Å². The minimum Gasteiger partial charge on any atom is -0.465 e. The normalized spacial score (nSPS) is 15.6. The number of amides is 1. The van der Waals surface area contributed by atoms with Crippen LogP contribution < -0.4 is 16.8 Å². The fourth-order valence-corrected chi connectivity index (χ4v) is 4.10. The van der Waals surface area contributed by atoms with Crippen molar-refractivity contribution >= 4 is 29.3 Å². The molecule has 180 valence electrons. The number of methoxy groups -OCH3 is 1. The van der Waals surface area contributed by atoms with Crippen LogP contribution in [0.5, 0.6) is 0 Å². The molecule has 2 aromatic rings. The third-order valence-electron chi connectivity index (χ3n) is 6.19. The van der Waals surface area contributed by atoms with Crippen LogP contribution >= 0.6 is 0 Å². The summed E-state index contributed by atoms with van der Waals surface area (Å²) in [6.45, 7) is 5.34. The molecule has 5 N–H and O–H groups in total. The lowest BCUT2D eigenvalue weighted by Crippen LogP contribution is -2.44. The molecule has 8 nitrogen and oxygen atoms in total. The number of nitrogens with two attached hydrogens (primary N) is 2. The first-order valence-corrected chi connectivity index (χ1v) is 11.5. The van der Waals surface area contributed by atoms with Gasteiger partial charge in [-0.3, -0.25) is 25.6 Å². The zero-order chi connectivity index (χ0) is 24.8. The Morgan fingerprint density at radius 1 is 1.09 bits per heavy atom. The molecular weight excluding hydrogens is 432 g/mol. The summed E-state index contributed by atoms with van der Waals surface area (Å²) < 4.78 is 6.62. The van der Waals surface area contributed by atoms with Crippen molar-refractivity contribution in [2.45, 2.75) is 39.0 Å². The molecule has 1 aliphatic rings. The van der Waals surface area contributed by atoms with Crippen LogP contribution in [-0.4, -0.2) is 48.4 Å². The molecule has 0 bridgehead atoms. The molecular formula is C26H33N4O4+. The zero-order valence-corrected chi connectivity index (χ0v) is 20.0. The first-order valence-electron chi connectivity index (χ1n) is 11.5. The number of Topliss-reactive ketones (excluding diaryl/α,β-unsaturated/α-hetero) is 1. The third-order valence-corrected chi connectivity index (χ3v) is 6.19. The van der Waals surface area contributed by atoms with Crippen LogP contribution in [0.15, 0.2) is 42.5 Å². The molecule has 0 spiro atoms. The van der Waals surface area contributed by atoms with Crippen molar-refractivity contribution in [3.8, 4) is 0 Å². The summed E-state index contributed by atoms with van der Waals surface area (Å²) in [6.07, 6.45) is 1.54. The highest BCUT2D eigenvalue weighted by atomic mass is 16.5. The minimum atomic E-state index is -0.509. The number of esters is 1. The van der Waals surface area contributed by atoms with E-state index in [4.69, 9.17) is 16.2 Å². The fourth-order valence-electron chi connectivity index (χ4n) is 4.10. The first kappa shape index (κ1) is 25.0. The average Bonchev–Trinajstić information content (AvgIpc) is 2.84. The van der Waals surface area contributed by atoms with Crippen molar-refractivity contribution in [1.29, 1.82) is 0 Å². The highest BCUT2D eigenvalue weighted by molar-refractivity contribution is 6.00. The van der Waals surface area contributed by atoms with E-state index in [1.54, 1.807) is 22.8 Å². The number of nitrogens with zero attached hydrogens (tertiary/aromatic N) is 1. The highest BCUT2D eigenvalue weighted by Gasteiger charge is 2.27.